The van der Waals surface area contributed by atoms with Crippen LogP contribution in [0.4, 0.5) is 0 Å². The van der Waals surface area contributed by atoms with Gasteiger partial charge in [0.1, 0.15) is 0 Å². The highest BCUT2D eigenvalue weighted by molar-refractivity contribution is 6.51. The lowest BCUT2D eigenvalue weighted by molar-refractivity contribution is 0.00578. The number of benzene rings is 1. The van der Waals surface area contributed by atoms with Crippen molar-refractivity contribution >= 4 is 7.12 Å². The van der Waals surface area contributed by atoms with Gasteiger partial charge in [-0.25, -0.2) is 0 Å². The maximum Gasteiger partial charge on any atom is 0.486 e. The van der Waals surface area contributed by atoms with E-state index in [1.54, 1.807) is 12.1 Å². The maximum atomic E-state index is 10.2. The molecule has 3 nitrogen and oxygen atoms in total. The van der Waals surface area contributed by atoms with Crippen LogP contribution in [0.3, 0.4) is 0 Å². The van der Waals surface area contributed by atoms with Crippen LogP contribution in [0.5, 0.6) is 0 Å². The molecule has 1 aliphatic heterocycles. The van der Waals surface area contributed by atoms with Gasteiger partial charge in [-0.15, -0.1) is 0 Å². The summed E-state index contributed by atoms with van der Waals surface area (Å²) < 4.78 is 11.7. The van der Waals surface area contributed by atoms with E-state index in [9.17, 15) is 5.11 Å². The fourth-order valence-electron chi connectivity index (χ4n) is 2.19. The van der Waals surface area contributed by atoms with E-state index in [0.29, 0.717) is 0 Å². The number of rotatable bonds is 3. The van der Waals surface area contributed by atoms with Crippen molar-refractivity contribution in [3.63, 3.8) is 0 Å². The molecule has 108 valence electrons. The van der Waals surface area contributed by atoms with Crippen molar-refractivity contribution in [2.24, 2.45) is 0 Å². The van der Waals surface area contributed by atoms with Gasteiger partial charge < -0.3 is 14.4 Å². The zero-order valence-electron chi connectivity index (χ0n) is 12.9. The second-order valence-electron chi connectivity index (χ2n) is 6.31. The SMILES string of the molecule is Cc1ccccc1C(O)/C=C/B1OC(C)(C)C(C)(C)O1. The van der Waals surface area contributed by atoms with E-state index in [1.165, 1.54) is 0 Å². The Kier molecular flexibility index (Phi) is 4.10. The number of aryl methyl sites for hydroxylation is 1. The van der Waals surface area contributed by atoms with E-state index in [-0.39, 0.29) is 11.2 Å². The van der Waals surface area contributed by atoms with Crippen LogP contribution in [0, 0.1) is 6.92 Å². The smallest absolute Gasteiger partial charge is 0.400 e. The molecule has 0 aromatic heterocycles. The van der Waals surface area contributed by atoms with Crippen molar-refractivity contribution in [3.8, 4) is 0 Å². The van der Waals surface area contributed by atoms with Crippen molar-refractivity contribution in [2.75, 3.05) is 0 Å². The summed E-state index contributed by atoms with van der Waals surface area (Å²) in [6.07, 6.45) is 1.08. The van der Waals surface area contributed by atoms with E-state index in [1.807, 2.05) is 58.9 Å². The summed E-state index contributed by atoms with van der Waals surface area (Å²) in [5, 5.41) is 10.2. The number of hydrogen-bond acceptors (Lipinski definition) is 3. The van der Waals surface area contributed by atoms with Crippen LogP contribution in [-0.4, -0.2) is 23.4 Å². The molecular formula is C16H23BO3. The minimum atomic E-state index is -0.643. The molecule has 0 bridgehead atoms. The molecule has 0 radical (unpaired) electrons. The third-order valence-electron chi connectivity index (χ3n) is 4.23. The lowest BCUT2D eigenvalue weighted by Gasteiger charge is -2.32. The van der Waals surface area contributed by atoms with Gasteiger partial charge in [0.2, 0.25) is 0 Å². The van der Waals surface area contributed by atoms with Crippen LogP contribution in [0.2, 0.25) is 0 Å². The highest BCUT2D eigenvalue weighted by Gasteiger charge is 2.50. The first-order valence-corrected chi connectivity index (χ1v) is 7.00. The van der Waals surface area contributed by atoms with E-state index in [0.717, 1.165) is 11.1 Å². The molecule has 1 fully saturated rings. The average Bonchev–Trinajstić information content (AvgIpc) is 2.55. The first kappa shape index (κ1) is 15.3. The lowest BCUT2D eigenvalue weighted by atomic mass is 9.88. The Morgan fingerprint density at radius 1 is 1.10 bits per heavy atom. The van der Waals surface area contributed by atoms with Crippen LogP contribution < -0.4 is 0 Å². The Bertz CT molecular complexity index is 492. The van der Waals surface area contributed by atoms with E-state index in [2.05, 4.69) is 0 Å². The monoisotopic (exact) mass is 274 g/mol. The van der Waals surface area contributed by atoms with Crippen molar-refractivity contribution in [1.82, 2.24) is 0 Å². The topological polar surface area (TPSA) is 38.7 Å². The summed E-state index contributed by atoms with van der Waals surface area (Å²) in [5.74, 6) is 1.79. The van der Waals surface area contributed by atoms with Gasteiger partial charge in [-0.2, -0.15) is 0 Å². The van der Waals surface area contributed by atoms with Crippen LogP contribution in [-0.2, 0) is 9.31 Å². The second kappa shape index (κ2) is 5.36. The first-order valence-electron chi connectivity index (χ1n) is 7.00. The highest BCUT2D eigenvalue weighted by atomic mass is 16.7. The average molecular weight is 274 g/mol. The van der Waals surface area contributed by atoms with Crippen molar-refractivity contribution in [3.05, 3.63) is 47.4 Å². The fraction of sp³-hybridized carbons (Fsp3) is 0.500. The third kappa shape index (κ3) is 2.98. The van der Waals surface area contributed by atoms with Gasteiger partial charge in [-0.05, 0) is 45.7 Å². The molecule has 1 atom stereocenters. The van der Waals surface area contributed by atoms with Gasteiger partial charge in [0.15, 0.2) is 0 Å². The molecule has 20 heavy (non-hydrogen) atoms. The van der Waals surface area contributed by atoms with Crippen molar-refractivity contribution in [1.29, 1.82) is 0 Å². The summed E-state index contributed by atoms with van der Waals surface area (Å²) >= 11 is 0. The number of aliphatic hydroxyl groups excluding tert-OH is 1. The highest BCUT2D eigenvalue weighted by Crippen LogP contribution is 2.37. The Labute approximate surface area is 121 Å². The molecule has 0 spiro atoms. The fourth-order valence-corrected chi connectivity index (χ4v) is 2.19. The summed E-state index contributed by atoms with van der Waals surface area (Å²) in [6, 6.07) is 7.80. The zero-order chi connectivity index (χ0) is 15.0. The van der Waals surface area contributed by atoms with E-state index >= 15 is 0 Å². The van der Waals surface area contributed by atoms with Gasteiger partial charge in [0.05, 0.1) is 17.3 Å². The molecular weight excluding hydrogens is 251 g/mol. The molecule has 1 aliphatic rings. The molecule has 2 rings (SSSR count). The maximum absolute atomic E-state index is 10.2. The zero-order valence-corrected chi connectivity index (χ0v) is 12.9. The molecule has 1 heterocycles. The standard InChI is InChI=1S/C16H23BO3/c1-12-8-6-7-9-13(12)14(18)10-11-17-19-15(2,3)16(4,5)20-17/h6-11,14,18H,1-5H3/b11-10+. The molecule has 1 aromatic rings. The van der Waals surface area contributed by atoms with Crippen molar-refractivity contribution in [2.45, 2.75) is 51.9 Å². The summed E-state index contributed by atoms with van der Waals surface area (Å²) in [4.78, 5) is 0. The van der Waals surface area contributed by atoms with Crippen LogP contribution in [0.15, 0.2) is 36.3 Å². The molecule has 0 saturated carbocycles. The number of aliphatic hydroxyl groups is 1. The van der Waals surface area contributed by atoms with Gasteiger partial charge in [-0.1, -0.05) is 36.3 Å². The Morgan fingerprint density at radius 3 is 2.20 bits per heavy atom. The molecule has 0 aliphatic carbocycles. The molecule has 0 amide bonds. The van der Waals surface area contributed by atoms with Gasteiger partial charge in [0.25, 0.3) is 0 Å². The van der Waals surface area contributed by atoms with E-state index in [4.69, 9.17) is 9.31 Å². The number of hydrogen-bond donors (Lipinski definition) is 1. The Hall–Kier alpha value is -1.10. The summed E-state index contributed by atoms with van der Waals surface area (Å²) in [7, 11) is -0.418. The molecule has 1 unspecified atom stereocenters. The predicted molar refractivity (Wildman–Crippen MR) is 81.4 cm³/mol. The Morgan fingerprint density at radius 2 is 1.65 bits per heavy atom. The normalized spacial score (nSPS) is 22.4. The molecule has 1 aromatic carbocycles. The molecule has 1 N–H and O–H groups in total. The van der Waals surface area contributed by atoms with Crippen LogP contribution in [0.1, 0.15) is 44.9 Å². The predicted octanol–water partition coefficient (Wildman–Crippen LogP) is 3.22. The van der Waals surface area contributed by atoms with Crippen LogP contribution >= 0.6 is 0 Å². The van der Waals surface area contributed by atoms with Crippen molar-refractivity contribution < 1.29 is 14.4 Å². The van der Waals surface area contributed by atoms with Gasteiger partial charge in [0, 0.05) is 0 Å². The Balaban J connectivity index is 2.06. The van der Waals surface area contributed by atoms with E-state index < -0.39 is 13.2 Å². The molecule has 4 heteroatoms. The first-order chi connectivity index (χ1) is 9.23. The largest absolute Gasteiger partial charge is 0.486 e. The third-order valence-corrected chi connectivity index (χ3v) is 4.23. The lowest BCUT2D eigenvalue weighted by Crippen LogP contribution is -2.41. The quantitative estimate of drug-likeness (QED) is 0.860. The minimum absolute atomic E-state index is 0.352. The summed E-state index contributed by atoms with van der Waals surface area (Å²) in [5.41, 5.74) is 1.27. The van der Waals surface area contributed by atoms with Gasteiger partial charge in [-0.3, -0.25) is 0 Å². The summed E-state index contributed by atoms with van der Waals surface area (Å²) in [6.45, 7) is 10.0. The second-order valence-corrected chi connectivity index (χ2v) is 6.31. The van der Waals surface area contributed by atoms with Gasteiger partial charge >= 0.3 is 7.12 Å². The van der Waals surface area contributed by atoms with Crippen LogP contribution in [0.25, 0.3) is 0 Å². The minimum Gasteiger partial charge on any atom is -0.400 e. The molecule has 1 saturated heterocycles.